The van der Waals surface area contributed by atoms with Crippen molar-refractivity contribution in [1.29, 1.82) is 0 Å². The van der Waals surface area contributed by atoms with Gasteiger partial charge in [-0.25, -0.2) is 19.4 Å². The van der Waals surface area contributed by atoms with Crippen molar-refractivity contribution < 1.29 is 47.7 Å². The van der Waals surface area contributed by atoms with E-state index in [0.29, 0.717) is 23.3 Å². The normalized spacial score (nSPS) is 16.3. The van der Waals surface area contributed by atoms with Gasteiger partial charge in [0.15, 0.2) is 0 Å². The van der Waals surface area contributed by atoms with Crippen LogP contribution in [-0.2, 0) is 69.7 Å². The minimum atomic E-state index is -1.97. The fourth-order valence-corrected chi connectivity index (χ4v) is 7.28. The number of fused-ring (bicyclic) bond motifs is 5. The Morgan fingerprint density at radius 3 is 2.28 bits per heavy atom. The Bertz CT molecular complexity index is 2360. The molecule has 1 amide bonds. The van der Waals surface area contributed by atoms with E-state index in [1.165, 1.54) is 0 Å². The summed E-state index contributed by atoms with van der Waals surface area (Å²) in [4.78, 5) is 84.9. The molecule has 2 aliphatic heterocycles. The molecule has 6 rings (SSSR count). The van der Waals surface area contributed by atoms with Crippen LogP contribution in [0.25, 0.3) is 22.3 Å². The number of amides is 1. The van der Waals surface area contributed by atoms with E-state index in [1.54, 1.807) is 77.3 Å². The number of carbonyl (C=O) groups is 5. The van der Waals surface area contributed by atoms with Crippen LogP contribution in [0.3, 0.4) is 0 Å². The van der Waals surface area contributed by atoms with Gasteiger partial charge in [0.2, 0.25) is 11.5 Å². The third-order valence-electron chi connectivity index (χ3n) is 9.84. The van der Waals surface area contributed by atoms with Gasteiger partial charge in [0.05, 0.1) is 35.4 Å². The van der Waals surface area contributed by atoms with Crippen LogP contribution >= 0.6 is 0 Å². The number of esters is 3. The summed E-state index contributed by atoms with van der Waals surface area (Å²) >= 11 is 0. The topological polar surface area (TPSA) is 178 Å². The predicted octanol–water partition coefficient (Wildman–Crippen LogP) is 6.36. The van der Waals surface area contributed by atoms with Crippen molar-refractivity contribution in [3.63, 3.8) is 0 Å². The smallest absolute Gasteiger partial charge is 0.458 e. The lowest BCUT2D eigenvalue weighted by atomic mass is 9.85. The first-order valence-electron chi connectivity index (χ1n) is 19.4. The molecule has 0 radical (unpaired) electrons. The second-order valence-corrected chi connectivity index (χ2v) is 16.4. The van der Waals surface area contributed by atoms with E-state index in [-0.39, 0.29) is 49.3 Å². The SMILES string of the molecule is CCc1c2c(nc3ccc(OC(=O)OC(C)(C)C)cc13)-c1cc3c(c(=O)n1C2)COC(=O)[C@@]3(CC)OC(=O)CCC(=O)N[C@@H](Cc1ccccc1)C(=O)OC(C)(C)C. The summed E-state index contributed by atoms with van der Waals surface area (Å²) in [5, 5.41) is 3.43. The lowest BCUT2D eigenvalue weighted by Crippen LogP contribution is -2.48. The number of aryl methyl sites for hydroxylation is 1. The molecule has 2 atom stereocenters. The van der Waals surface area contributed by atoms with E-state index in [1.807, 2.05) is 37.3 Å². The molecule has 0 saturated heterocycles. The number of rotatable bonds is 11. The van der Waals surface area contributed by atoms with Crippen LogP contribution in [0, 0.1) is 0 Å². The molecule has 14 nitrogen and oxygen atoms in total. The zero-order valence-corrected chi connectivity index (χ0v) is 34.1. The van der Waals surface area contributed by atoms with Gasteiger partial charge in [0, 0.05) is 29.4 Å². The molecule has 0 fully saturated rings. The first-order chi connectivity index (χ1) is 27.3. The van der Waals surface area contributed by atoms with Crippen LogP contribution in [0.4, 0.5) is 4.79 Å². The summed E-state index contributed by atoms with van der Waals surface area (Å²) in [6.07, 6.45) is -0.941. The van der Waals surface area contributed by atoms with Crippen molar-refractivity contribution in [2.45, 2.75) is 123 Å². The van der Waals surface area contributed by atoms with Gasteiger partial charge in [-0.2, -0.15) is 0 Å². The molecule has 2 aromatic carbocycles. The summed E-state index contributed by atoms with van der Waals surface area (Å²) in [6.45, 7) is 13.9. The van der Waals surface area contributed by atoms with Crippen molar-refractivity contribution in [2.75, 3.05) is 0 Å². The number of nitrogens with one attached hydrogen (secondary N) is 1. The monoisotopic (exact) mass is 795 g/mol. The average molecular weight is 796 g/mol. The number of ether oxygens (including phenoxy) is 5. The largest absolute Gasteiger partial charge is 0.514 e. The minimum absolute atomic E-state index is 0.0594. The van der Waals surface area contributed by atoms with E-state index in [0.717, 1.165) is 22.1 Å². The maximum absolute atomic E-state index is 14.2. The van der Waals surface area contributed by atoms with Crippen LogP contribution in [0.15, 0.2) is 59.4 Å². The summed E-state index contributed by atoms with van der Waals surface area (Å²) in [7, 11) is 0. The Labute approximate surface area is 336 Å². The van der Waals surface area contributed by atoms with Crippen LogP contribution < -0.4 is 15.6 Å². The molecule has 1 N–H and O–H groups in total. The molecule has 0 spiro atoms. The van der Waals surface area contributed by atoms with Gasteiger partial charge >= 0.3 is 24.1 Å². The number of carbonyl (C=O) groups excluding carboxylic acids is 5. The fourth-order valence-electron chi connectivity index (χ4n) is 7.28. The van der Waals surface area contributed by atoms with Crippen molar-refractivity contribution >= 4 is 40.9 Å². The fraction of sp³-hybridized carbons (Fsp3) is 0.432. The Morgan fingerprint density at radius 1 is 0.914 bits per heavy atom. The minimum Gasteiger partial charge on any atom is -0.458 e. The number of cyclic esters (lactones) is 1. The van der Waals surface area contributed by atoms with Crippen LogP contribution in [0.5, 0.6) is 5.75 Å². The lowest BCUT2D eigenvalue weighted by molar-refractivity contribution is -0.189. The van der Waals surface area contributed by atoms with Gasteiger partial charge in [-0.05, 0) is 89.8 Å². The molecule has 0 bridgehead atoms. The highest BCUT2D eigenvalue weighted by Crippen LogP contribution is 2.42. The summed E-state index contributed by atoms with van der Waals surface area (Å²) in [5.41, 5.74) is 0.502. The molecule has 0 unspecified atom stereocenters. The average Bonchev–Trinajstić information content (AvgIpc) is 3.51. The number of hydrogen-bond acceptors (Lipinski definition) is 12. The number of pyridine rings is 2. The number of aromatic nitrogens is 2. The third-order valence-corrected chi connectivity index (χ3v) is 9.84. The number of nitrogens with zero attached hydrogens (tertiary/aromatic N) is 2. The zero-order chi connectivity index (χ0) is 42.2. The van der Waals surface area contributed by atoms with Crippen molar-refractivity contribution in [3.8, 4) is 17.1 Å². The molecule has 0 saturated carbocycles. The van der Waals surface area contributed by atoms with Gasteiger partial charge in [-0.15, -0.1) is 0 Å². The summed E-state index contributed by atoms with van der Waals surface area (Å²) in [5.74, 6) is -2.65. The summed E-state index contributed by atoms with van der Waals surface area (Å²) in [6, 6.07) is 14.8. The van der Waals surface area contributed by atoms with Crippen LogP contribution in [0.2, 0.25) is 0 Å². The van der Waals surface area contributed by atoms with E-state index in [4.69, 9.17) is 28.7 Å². The quantitative estimate of drug-likeness (QED) is 0.0891. The van der Waals surface area contributed by atoms with Crippen LogP contribution in [0.1, 0.15) is 102 Å². The maximum Gasteiger partial charge on any atom is 0.514 e. The Kier molecular flexibility index (Phi) is 11.5. The molecule has 2 aliphatic rings. The molecule has 58 heavy (non-hydrogen) atoms. The standard InChI is InChI=1S/C44H49N3O11/c1-9-27-28-21-26(55-41(53)58-43(6,7)8)16-17-32(28)46-37-29(27)23-47-34(37)22-31-30(38(47)50)24-54-40(52)44(31,10-2)56-36(49)19-18-35(48)45-33(39(51)57-42(3,4)5)20-25-14-12-11-13-15-25/h11-17,21-22,33H,9-10,18-20,23-24H2,1-8H3,(H,45,48)/t33-,44-/m0/s1. The first-order valence-corrected chi connectivity index (χ1v) is 19.4. The van der Waals surface area contributed by atoms with E-state index in [9.17, 15) is 28.8 Å². The van der Waals surface area contributed by atoms with Crippen molar-refractivity contribution in [2.24, 2.45) is 0 Å². The highest BCUT2D eigenvalue weighted by Gasteiger charge is 2.50. The molecule has 2 aromatic heterocycles. The Morgan fingerprint density at radius 2 is 1.62 bits per heavy atom. The highest BCUT2D eigenvalue weighted by atomic mass is 16.7. The molecule has 4 aromatic rings. The van der Waals surface area contributed by atoms with Crippen LogP contribution in [-0.4, -0.2) is 56.8 Å². The predicted molar refractivity (Wildman–Crippen MR) is 212 cm³/mol. The Balaban J connectivity index is 1.25. The molecule has 4 heterocycles. The third kappa shape index (κ3) is 8.75. The lowest BCUT2D eigenvalue weighted by Gasteiger charge is -2.35. The highest BCUT2D eigenvalue weighted by molar-refractivity contribution is 5.92. The van der Waals surface area contributed by atoms with E-state index >= 15 is 0 Å². The van der Waals surface area contributed by atoms with Gasteiger partial charge in [-0.3, -0.25) is 14.4 Å². The molecule has 14 heteroatoms. The number of benzene rings is 2. The number of hydrogen-bond donors (Lipinski definition) is 1. The second kappa shape index (κ2) is 16.1. The van der Waals surface area contributed by atoms with Crippen molar-refractivity contribution in [3.05, 3.63) is 92.8 Å². The van der Waals surface area contributed by atoms with Crippen molar-refractivity contribution in [1.82, 2.24) is 14.9 Å². The van der Waals surface area contributed by atoms with E-state index in [2.05, 4.69) is 5.32 Å². The molecule has 0 aliphatic carbocycles. The molecular formula is C44H49N3O11. The molecular weight excluding hydrogens is 746 g/mol. The first kappa shape index (κ1) is 41.6. The molecule has 306 valence electrons. The maximum atomic E-state index is 14.2. The van der Waals surface area contributed by atoms with Gasteiger partial charge < -0.3 is 33.6 Å². The van der Waals surface area contributed by atoms with E-state index < -0.39 is 64.8 Å². The van der Waals surface area contributed by atoms with Gasteiger partial charge in [0.1, 0.15) is 29.6 Å². The van der Waals surface area contributed by atoms with Gasteiger partial charge in [-0.1, -0.05) is 44.2 Å². The second-order valence-electron chi connectivity index (χ2n) is 16.4. The zero-order valence-electron chi connectivity index (χ0n) is 34.1. The summed E-state index contributed by atoms with van der Waals surface area (Å²) < 4.78 is 29.3. The Hall–Kier alpha value is -6.05. The van der Waals surface area contributed by atoms with Gasteiger partial charge in [0.25, 0.3) is 5.56 Å².